The molecule has 1 aromatic carbocycles. The maximum atomic E-state index is 12.4. The molecule has 110 valence electrons. The molecule has 0 aromatic heterocycles. The van der Waals surface area contributed by atoms with Gasteiger partial charge in [0.25, 0.3) is 5.91 Å². The van der Waals surface area contributed by atoms with Gasteiger partial charge in [0.2, 0.25) is 0 Å². The van der Waals surface area contributed by atoms with Crippen LogP contribution in [0.1, 0.15) is 43.8 Å². The molecule has 3 unspecified atom stereocenters. The van der Waals surface area contributed by atoms with Gasteiger partial charge in [-0.15, -0.1) is 0 Å². The predicted octanol–water partition coefficient (Wildman–Crippen LogP) is 2.15. The number of methoxy groups -OCH3 is 1. The third-order valence-electron chi connectivity index (χ3n) is 3.97. The van der Waals surface area contributed by atoms with Crippen molar-refractivity contribution in [2.45, 2.75) is 50.3 Å². The molecule has 0 heterocycles. The first kappa shape index (κ1) is 15.0. The zero-order chi connectivity index (χ0) is 14.4. The molecule has 1 aliphatic carbocycles. The van der Waals surface area contributed by atoms with Crippen LogP contribution in [0, 0.1) is 0 Å². The molecule has 1 aromatic rings. The highest BCUT2D eigenvalue weighted by Gasteiger charge is 2.26. The Bertz CT molecular complexity index is 422. The highest BCUT2D eigenvalue weighted by molar-refractivity contribution is 5.82. The van der Waals surface area contributed by atoms with Crippen LogP contribution in [0.4, 0.5) is 0 Å². The second-order valence-corrected chi connectivity index (χ2v) is 5.44. The van der Waals surface area contributed by atoms with E-state index in [0.717, 1.165) is 31.2 Å². The number of hydrogen-bond donors (Lipinski definition) is 2. The van der Waals surface area contributed by atoms with Gasteiger partial charge in [-0.05, 0) is 18.4 Å². The Hall–Kier alpha value is -1.39. The van der Waals surface area contributed by atoms with Crippen molar-refractivity contribution in [3.63, 3.8) is 0 Å². The van der Waals surface area contributed by atoms with Crippen molar-refractivity contribution in [2.75, 3.05) is 7.11 Å². The fraction of sp³-hybridized carbons (Fsp3) is 0.562. The van der Waals surface area contributed by atoms with E-state index >= 15 is 0 Å². The van der Waals surface area contributed by atoms with E-state index in [1.54, 1.807) is 7.11 Å². The lowest BCUT2D eigenvalue weighted by atomic mass is 10.0. The van der Waals surface area contributed by atoms with E-state index in [-0.39, 0.29) is 18.0 Å². The Balaban J connectivity index is 2.02. The smallest absolute Gasteiger partial charge is 0.254 e. The van der Waals surface area contributed by atoms with E-state index in [2.05, 4.69) is 5.32 Å². The van der Waals surface area contributed by atoms with Gasteiger partial charge in [0.1, 0.15) is 0 Å². The van der Waals surface area contributed by atoms with Gasteiger partial charge in [0.05, 0.1) is 0 Å². The molecule has 0 spiro atoms. The van der Waals surface area contributed by atoms with Gasteiger partial charge in [-0.2, -0.15) is 0 Å². The summed E-state index contributed by atoms with van der Waals surface area (Å²) in [6.45, 7) is 0. The molecule has 1 aliphatic rings. The second kappa shape index (κ2) is 7.41. The predicted molar refractivity (Wildman–Crippen MR) is 79.2 cm³/mol. The summed E-state index contributed by atoms with van der Waals surface area (Å²) < 4.78 is 5.35. The van der Waals surface area contributed by atoms with E-state index in [4.69, 9.17) is 10.5 Å². The van der Waals surface area contributed by atoms with Crippen molar-refractivity contribution in [1.82, 2.24) is 5.32 Å². The van der Waals surface area contributed by atoms with Gasteiger partial charge in [0.15, 0.2) is 6.10 Å². The van der Waals surface area contributed by atoms with Crippen molar-refractivity contribution in [3.05, 3.63) is 35.9 Å². The van der Waals surface area contributed by atoms with Crippen LogP contribution in [-0.4, -0.2) is 25.1 Å². The molecule has 0 aliphatic heterocycles. The van der Waals surface area contributed by atoms with Gasteiger partial charge in [-0.25, -0.2) is 0 Å². The van der Waals surface area contributed by atoms with Crippen molar-refractivity contribution in [3.8, 4) is 0 Å². The van der Waals surface area contributed by atoms with E-state index < -0.39 is 6.10 Å². The number of amides is 1. The van der Waals surface area contributed by atoms with Crippen LogP contribution in [0.25, 0.3) is 0 Å². The molecule has 0 bridgehead atoms. The Kier molecular flexibility index (Phi) is 5.56. The summed E-state index contributed by atoms with van der Waals surface area (Å²) in [5.74, 6) is -0.0963. The Morgan fingerprint density at radius 2 is 1.95 bits per heavy atom. The SMILES string of the molecule is COC(C(=O)NC1CCCCCC1N)c1ccccc1. The first-order valence-corrected chi connectivity index (χ1v) is 7.36. The molecular formula is C16H24N2O2. The number of hydrogen-bond acceptors (Lipinski definition) is 3. The lowest BCUT2D eigenvalue weighted by Gasteiger charge is -2.25. The fourth-order valence-electron chi connectivity index (χ4n) is 2.80. The number of benzene rings is 1. The summed E-state index contributed by atoms with van der Waals surface area (Å²) >= 11 is 0. The fourth-order valence-corrected chi connectivity index (χ4v) is 2.80. The highest BCUT2D eigenvalue weighted by Crippen LogP contribution is 2.20. The van der Waals surface area contributed by atoms with Crippen molar-refractivity contribution in [2.24, 2.45) is 5.73 Å². The minimum absolute atomic E-state index is 0.0507. The molecule has 1 amide bonds. The molecule has 20 heavy (non-hydrogen) atoms. The minimum atomic E-state index is -0.563. The molecular weight excluding hydrogens is 252 g/mol. The number of ether oxygens (including phenoxy) is 1. The van der Waals surface area contributed by atoms with Crippen molar-refractivity contribution < 1.29 is 9.53 Å². The van der Waals surface area contributed by atoms with E-state index in [9.17, 15) is 4.79 Å². The lowest BCUT2D eigenvalue weighted by molar-refractivity contribution is -0.132. The van der Waals surface area contributed by atoms with Gasteiger partial charge < -0.3 is 15.8 Å². The molecule has 4 heteroatoms. The van der Waals surface area contributed by atoms with Crippen LogP contribution >= 0.6 is 0 Å². The molecule has 4 nitrogen and oxygen atoms in total. The van der Waals surface area contributed by atoms with Crippen LogP contribution in [0.2, 0.25) is 0 Å². The third kappa shape index (κ3) is 3.81. The zero-order valence-corrected chi connectivity index (χ0v) is 12.0. The summed E-state index contributed by atoms with van der Waals surface area (Å²) in [5.41, 5.74) is 7.02. The number of carbonyl (C=O) groups excluding carboxylic acids is 1. The van der Waals surface area contributed by atoms with E-state index in [1.807, 2.05) is 30.3 Å². The van der Waals surface area contributed by atoms with Crippen LogP contribution in [0.15, 0.2) is 30.3 Å². The molecule has 1 fully saturated rings. The maximum absolute atomic E-state index is 12.4. The second-order valence-electron chi connectivity index (χ2n) is 5.44. The van der Waals surface area contributed by atoms with E-state index in [0.29, 0.717) is 0 Å². The quantitative estimate of drug-likeness (QED) is 0.828. The monoisotopic (exact) mass is 276 g/mol. The average molecular weight is 276 g/mol. The zero-order valence-electron chi connectivity index (χ0n) is 12.0. The third-order valence-corrected chi connectivity index (χ3v) is 3.97. The Morgan fingerprint density at radius 1 is 1.25 bits per heavy atom. The van der Waals surface area contributed by atoms with Crippen molar-refractivity contribution in [1.29, 1.82) is 0 Å². The minimum Gasteiger partial charge on any atom is -0.367 e. The summed E-state index contributed by atoms with van der Waals surface area (Å²) in [4.78, 5) is 12.4. The number of nitrogens with two attached hydrogens (primary N) is 1. The van der Waals surface area contributed by atoms with Crippen LogP contribution in [0.5, 0.6) is 0 Å². The number of carbonyl (C=O) groups is 1. The standard InChI is InChI=1S/C16H24N2O2/c1-20-15(12-8-4-2-5-9-12)16(19)18-14-11-7-3-6-10-13(14)17/h2,4-5,8-9,13-15H,3,6-7,10-11,17H2,1H3,(H,18,19). The summed E-state index contributed by atoms with van der Waals surface area (Å²) in [5, 5.41) is 3.07. The van der Waals surface area contributed by atoms with Crippen LogP contribution in [0.3, 0.4) is 0 Å². The van der Waals surface area contributed by atoms with Gasteiger partial charge in [-0.1, -0.05) is 49.6 Å². The normalized spacial score (nSPS) is 24.7. The Labute approximate surface area is 120 Å². The van der Waals surface area contributed by atoms with Gasteiger partial charge in [-0.3, -0.25) is 4.79 Å². The summed E-state index contributed by atoms with van der Waals surface area (Å²) in [6.07, 6.45) is 4.85. The topological polar surface area (TPSA) is 64.3 Å². The van der Waals surface area contributed by atoms with Crippen LogP contribution < -0.4 is 11.1 Å². The number of nitrogens with one attached hydrogen (secondary N) is 1. The summed E-state index contributed by atoms with van der Waals surface area (Å²) in [7, 11) is 1.56. The molecule has 2 rings (SSSR count). The molecule has 3 atom stereocenters. The van der Waals surface area contributed by atoms with Crippen molar-refractivity contribution >= 4 is 5.91 Å². The highest BCUT2D eigenvalue weighted by atomic mass is 16.5. The average Bonchev–Trinajstić information content (AvgIpc) is 2.66. The molecule has 0 saturated heterocycles. The first-order chi connectivity index (χ1) is 9.72. The molecule has 1 saturated carbocycles. The summed E-state index contributed by atoms with van der Waals surface area (Å²) in [6, 6.07) is 9.66. The van der Waals surface area contributed by atoms with Gasteiger partial charge >= 0.3 is 0 Å². The Morgan fingerprint density at radius 3 is 2.65 bits per heavy atom. The lowest BCUT2D eigenvalue weighted by Crippen LogP contribution is -2.48. The van der Waals surface area contributed by atoms with Crippen LogP contribution in [-0.2, 0) is 9.53 Å². The largest absolute Gasteiger partial charge is 0.367 e. The molecule has 0 radical (unpaired) electrons. The molecule has 3 N–H and O–H groups in total. The first-order valence-electron chi connectivity index (χ1n) is 7.36. The number of rotatable bonds is 4. The van der Waals surface area contributed by atoms with E-state index in [1.165, 1.54) is 6.42 Å². The maximum Gasteiger partial charge on any atom is 0.254 e. The van der Waals surface area contributed by atoms with Gasteiger partial charge in [0, 0.05) is 19.2 Å².